The smallest absolute Gasteiger partial charge is 0.217 e. The molecule has 1 aromatic carbocycles. The average Bonchev–Trinajstić information content (AvgIpc) is 2.40. The van der Waals surface area contributed by atoms with Gasteiger partial charge in [-0.1, -0.05) is 18.6 Å². The normalized spacial score (nSPS) is 23.9. The van der Waals surface area contributed by atoms with Crippen molar-refractivity contribution in [3.05, 3.63) is 24.3 Å². The summed E-state index contributed by atoms with van der Waals surface area (Å²) in [6.45, 7) is 4.07. The van der Waals surface area contributed by atoms with Crippen molar-refractivity contribution in [1.82, 2.24) is 4.31 Å². The molecule has 2 unspecified atom stereocenters. The summed E-state index contributed by atoms with van der Waals surface area (Å²) in [4.78, 5) is 0. The molecule has 0 spiro atoms. The van der Waals surface area contributed by atoms with Crippen molar-refractivity contribution in [2.45, 2.75) is 45.2 Å². The van der Waals surface area contributed by atoms with E-state index in [9.17, 15) is 8.42 Å². The van der Waals surface area contributed by atoms with Crippen molar-refractivity contribution in [2.75, 3.05) is 18.1 Å². The van der Waals surface area contributed by atoms with E-state index in [1.807, 2.05) is 26.0 Å². The number of nitrogens with zero attached hydrogens (tertiary/aromatic N) is 1. The van der Waals surface area contributed by atoms with Crippen LogP contribution in [0, 0.1) is 0 Å². The van der Waals surface area contributed by atoms with Crippen molar-refractivity contribution >= 4 is 15.7 Å². The molecule has 0 aromatic heterocycles. The number of hydrogen-bond donors (Lipinski definition) is 1. The third-order valence-electron chi connectivity index (χ3n) is 3.95. The SMILES string of the molecule is CC1CCCC(C)N1S(=O)(=O)CCOc1ccccc1N. The van der Waals surface area contributed by atoms with Crippen LogP contribution in [0.5, 0.6) is 5.75 Å². The van der Waals surface area contributed by atoms with Gasteiger partial charge in [0.2, 0.25) is 10.0 Å². The second-order valence-corrected chi connectivity index (χ2v) is 7.65. The standard InChI is InChI=1S/C15H24N2O3S/c1-12-6-5-7-13(2)17(12)21(18,19)11-10-20-15-9-4-3-8-14(15)16/h3-4,8-9,12-13H,5-7,10-11,16H2,1-2H3. The van der Waals surface area contributed by atoms with Crippen LogP contribution < -0.4 is 10.5 Å². The lowest BCUT2D eigenvalue weighted by Crippen LogP contribution is -2.48. The van der Waals surface area contributed by atoms with Gasteiger partial charge in [0.05, 0.1) is 11.4 Å². The van der Waals surface area contributed by atoms with Gasteiger partial charge in [0.25, 0.3) is 0 Å². The fourth-order valence-electron chi connectivity index (χ4n) is 2.92. The summed E-state index contributed by atoms with van der Waals surface area (Å²) in [5, 5.41) is 0. The van der Waals surface area contributed by atoms with Gasteiger partial charge in [0, 0.05) is 12.1 Å². The van der Waals surface area contributed by atoms with Gasteiger partial charge < -0.3 is 10.5 Å². The van der Waals surface area contributed by atoms with Crippen LogP contribution >= 0.6 is 0 Å². The zero-order chi connectivity index (χ0) is 15.5. The molecule has 6 heteroatoms. The van der Waals surface area contributed by atoms with Gasteiger partial charge in [0.15, 0.2) is 0 Å². The number of rotatable bonds is 5. The number of hydrogen-bond acceptors (Lipinski definition) is 4. The van der Waals surface area contributed by atoms with Crippen LogP contribution in [-0.2, 0) is 10.0 Å². The highest BCUT2D eigenvalue weighted by Crippen LogP contribution is 2.26. The van der Waals surface area contributed by atoms with Gasteiger partial charge in [-0.05, 0) is 38.8 Å². The Morgan fingerprint density at radius 2 is 1.86 bits per heavy atom. The lowest BCUT2D eigenvalue weighted by atomic mass is 10.0. The van der Waals surface area contributed by atoms with Crippen LogP contribution in [0.15, 0.2) is 24.3 Å². The minimum absolute atomic E-state index is 0.0178. The van der Waals surface area contributed by atoms with Crippen molar-refractivity contribution < 1.29 is 13.2 Å². The molecule has 1 saturated heterocycles. The minimum Gasteiger partial charge on any atom is -0.490 e. The topological polar surface area (TPSA) is 72.6 Å². The van der Waals surface area contributed by atoms with Gasteiger partial charge in [-0.3, -0.25) is 0 Å². The largest absolute Gasteiger partial charge is 0.490 e. The molecule has 2 rings (SSSR count). The van der Waals surface area contributed by atoms with E-state index in [4.69, 9.17) is 10.5 Å². The summed E-state index contributed by atoms with van der Waals surface area (Å²) in [5.41, 5.74) is 6.30. The average molecular weight is 312 g/mol. The Balaban J connectivity index is 1.96. The predicted molar refractivity (Wildman–Crippen MR) is 84.8 cm³/mol. The van der Waals surface area contributed by atoms with E-state index in [0.29, 0.717) is 11.4 Å². The maximum Gasteiger partial charge on any atom is 0.217 e. The summed E-state index contributed by atoms with van der Waals surface area (Å²) in [5.74, 6) is 0.517. The van der Waals surface area contributed by atoms with Gasteiger partial charge in [-0.25, -0.2) is 8.42 Å². The fourth-order valence-corrected chi connectivity index (χ4v) is 4.73. The fraction of sp³-hybridized carbons (Fsp3) is 0.600. The highest BCUT2D eigenvalue weighted by molar-refractivity contribution is 7.89. The van der Waals surface area contributed by atoms with Gasteiger partial charge in [0.1, 0.15) is 12.4 Å². The van der Waals surface area contributed by atoms with Crippen molar-refractivity contribution in [3.8, 4) is 5.75 Å². The third-order valence-corrected chi connectivity index (χ3v) is 6.00. The van der Waals surface area contributed by atoms with Gasteiger partial charge in [-0.2, -0.15) is 4.31 Å². The van der Waals surface area contributed by atoms with E-state index in [0.717, 1.165) is 19.3 Å². The zero-order valence-electron chi connectivity index (χ0n) is 12.7. The maximum absolute atomic E-state index is 12.5. The van der Waals surface area contributed by atoms with Crippen molar-refractivity contribution in [1.29, 1.82) is 0 Å². The molecule has 1 aliphatic rings. The van der Waals surface area contributed by atoms with E-state index in [1.165, 1.54) is 0 Å². The Hall–Kier alpha value is -1.27. The Morgan fingerprint density at radius 1 is 1.24 bits per heavy atom. The van der Waals surface area contributed by atoms with E-state index >= 15 is 0 Å². The first-order chi connectivity index (χ1) is 9.92. The van der Waals surface area contributed by atoms with Crippen LogP contribution in [0.25, 0.3) is 0 Å². The molecule has 2 N–H and O–H groups in total. The second-order valence-electron chi connectivity index (χ2n) is 5.66. The number of nitrogens with two attached hydrogens (primary N) is 1. The summed E-state index contributed by atoms with van der Waals surface area (Å²) in [6.07, 6.45) is 2.94. The molecule has 0 bridgehead atoms. The van der Waals surface area contributed by atoms with Crippen LogP contribution in [0.2, 0.25) is 0 Å². The molecular formula is C15H24N2O3S. The van der Waals surface area contributed by atoms with E-state index in [2.05, 4.69) is 0 Å². The maximum atomic E-state index is 12.5. The van der Waals surface area contributed by atoms with E-state index < -0.39 is 10.0 Å². The Morgan fingerprint density at radius 3 is 2.48 bits per heavy atom. The van der Waals surface area contributed by atoms with E-state index in [-0.39, 0.29) is 24.4 Å². The first-order valence-electron chi connectivity index (χ1n) is 7.40. The molecule has 1 aromatic rings. The molecule has 21 heavy (non-hydrogen) atoms. The highest BCUT2D eigenvalue weighted by atomic mass is 32.2. The number of sulfonamides is 1. The molecule has 0 saturated carbocycles. The van der Waals surface area contributed by atoms with Crippen LogP contribution in [-0.4, -0.2) is 37.2 Å². The van der Waals surface area contributed by atoms with Gasteiger partial charge in [-0.15, -0.1) is 0 Å². The van der Waals surface area contributed by atoms with Crippen molar-refractivity contribution in [2.24, 2.45) is 0 Å². The number of anilines is 1. The molecule has 1 heterocycles. The Labute approximate surface area is 127 Å². The molecule has 2 atom stereocenters. The molecule has 1 fully saturated rings. The summed E-state index contributed by atoms with van der Waals surface area (Å²) in [7, 11) is -3.30. The Bertz CT molecular complexity index is 564. The molecule has 0 radical (unpaired) electrons. The summed E-state index contributed by atoms with van der Waals surface area (Å²) >= 11 is 0. The monoisotopic (exact) mass is 312 g/mol. The molecular weight excluding hydrogens is 288 g/mol. The quantitative estimate of drug-likeness (QED) is 0.846. The minimum atomic E-state index is -3.30. The molecule has 118 valence electrons. The number of nitrogen functional groups attached to an aromatic ring is 1. The van der Waals surface area contributed by atoms with Crippen molar-refractivity contribution in [3.63, 3.8) is 0 Å². The Kier molecular flexibility index (Phi) is 5.11. The van der Waals surface area contributed by atoms with Crippen LogP contribution in [0.1, 0.15) is 33.1 Å². The number of ether oxygens (including phenoxy) is 1. The molecule has 1 aliphatic heterocycles. The first-order valence-corrected chi connectivity index (χ1v) is 9.01. The van der Waals surface area contributed by atoms with E-state index in [1.54, 1.807) is 16.4 Å². The molecule has 5 nitrogen and oxygen atoms in total. The van der Waals surface area contributed by atoms with Crippen LogP contribution in [0.4, 0.5) is 5.69 Å². The predicted octanol–water partition coefficient (Wildman–Crippen LogP) is 2.24. The summed E-state index contributed by atoms with van der Waals surface area (Å²) in [6, 6.07) is 7.25. The third kappa shape index (κ3) is 3.89. The number of piperidine rings is 1. The lowest BCUT2D eigenvalue weighted by Gasteiger charge is -2.37. The summed E-state index contributed by atoms with van der Waals surface area (Å²) < 4.78 is 32.1. The number of benzene rings is 1. The molecule has 0 amide bonds. The highest BCUT2D eigenvalue weighted by Gasteiger charge is 2.34. The zero-order valence-corrected chi connectivity index (χ0v) is 13.5. The van der Waals surface area contributed by atoms with Crippen LogP contribution in [0.3, 0.4) is 0 Å². The van der Waals surface area contributed by atoms with Gasteiger partial charge >= 0.3 is 0 Å². The molecule has 0 aliphatic carbocycles. The lowest BCUT2D eigenvalue weighted by molar-refractivity contribution is 0.202. The number of para-hydroxylation sites is 2. The first kappa shape index (κ1) is 16.1. The second kappa shape index (κ2) is 6.66.